The summed E-state index contributed by atoms with van der Waals surface area (Å²) in [5.74, 6) is -0.268. The quantitative estimate of drug-likeness (QED) is 0.102. The molecule has 8 nitrogen and oxygen atoms in total. The first-order valence-corrected chi connectivity index (χ1v) is 18.1. The van der Waals surface area contributed by atoms with Gasteiger partial charge in [-0.25, -0.2) is 4.39 Å². The van der Waals surface area contributed by atoms with Gasteiger partial charge in [0.25, 0.3) is 0 Å². The van der Waals surface area contributed by atoms with E-state index in [9.17, 15) is 9.18 Å². The van der Waals surface area contributed by atoms with Crippen LogP contribution in [-0.2, 0) is 0 Å². The SMILES string of the molecule is CSP[I-]c1cc2cc(C(=O)c3cnn(-c4cnc(Oc5ccccc5F)cc4C)c3N)[nH]c2cc1N. The Hall–Kier alpha value is -3.15. The molecule has 0 radical (unpaired) electrons. The third-order valence-electron chi connectivity index (χ3n) is 5.59. The molecule has 0 aliphatic carbocycles. The number of para-hydroxylation sites is 1. The fourth-order valence-corrected chi connectivity index (χ4v) is 10.6. The maximum atomic E-state index is 13.9. The molecule has 190 valence electrons. The zero-order chi connectivity index (χ0) is 26.1. The Labute approximate surface area is 227 Å². The van der Waals surface area contributed by atoms with Gasteiger partial charge < -0.3 is 4.74 Å². The molecule has 0 aliphatic rings. The molecule has 0 saturated heterocycles. The molecule has 5 N–H and O–H groups in total. The molecule has 1 atom stereocenters. The number of rotatable bonds is 8. The molecule has 3 heterocycles. The molecule has 0 bridgehead atoms. The summed E-state index contributed by atoms with van der Waals surface area (Å²) in [5, 5.41) is 5.28. The van der Waals surface area contributed by atoms with Crippen molar-refractivity contribution in [2.75, 3.05) is 17.7 Å². The Kier molecular flexibility index (Phi) is 7.36. The van der Waals surface area contributed by atoms with Crippen LogP contribution < -0.4 is 36.9 Å². The standard InChI is InChI=1S/C25H22FIN6O2PS/c1-13-7-23(35-22-6-4-3-5-16(22)26)30-12-21(13)33-25(29)15(11-31-33)24(34)20-9-14-8-17(27-36-37-2)18(28)10-19(14)32-20/h3-12,32,36H,28-29H2,1-2H3/q-1. The van der Waals surface area contributed by atoms with Gasteiger partial charge in [-0.2, -0.15) is 0 Å². The van der Waals surface area contributed by atoms with Gasteiger partial charge in [0.2, 0.25) is 5.88 Å². The van der Waals surface area contributed by atoms with Crippen LogP contribution in [0.5, 0.6) is 11.6 Å². The number of ether oxygens (including phenoxy) is 1. The van der Waals surface area contributed by atoms with Crippen LogP contribution in [0.1, 0.15) is 21.6 Å². The van der Waals surface area contributed by atoms with Crippen molar-refractivity contribution >= 4 is 45.0 Å². The van der Waals surface area contributed by atoms with Gasteiger partial charge in [-0.1, -0.05) is 12.1 Å². The summed E-state index contributed by atoms with van der Waals surface area (Å²) in [7, 11) is 0. The van der Waals surface area contributed by atoms with E-state index in [4.69, 9.17) is 16.2 Å². The van der Waals surface area contributed by atoms with Gasteiger partial charge in [-0.15, -0.1) is 0 Å². The molecule has 2 aromatic carbocycles. The van der Waals surface area contributed by atoms with Gasteiger partial charge >= 0.3 is 178 Å². The molecule has 0 amide bonds. The number of pyridine rings is 1. The number of aryl methyl sites for hydroxylation is 1. The van der Waals surface area contributed by atoms with Gasteiger partial charge in [0.15, 0.2) is 11.6 Å². The number of hydrogen-bond acceptors (Lipinski definition) is 7. The Morgan fingerprint density at radius 2 is 2.00 bits per heavy atom. The number of nitrogens with one attached hydrogen (secondary N) is 1. The van der Waals surface area contributed by atoms with Gasteiger partial charge in [0, 0.05) is 0 Å². The van der Waals surface area contributed by atoms with Gasteiger partial charge in [-0.3, -0.25) is 0 Å². The topological polar surface area (TPSA) is 125 Å². The molecule has 0 saturated carbocycles. The Balaban J connectivity index is 1.41. The van der Waals surface area contributed by atoms with Crippen LogP contribution in [0.3, 0.4) is 0 Å². The molecule has 5 aromatic rings. The number of ketones is 1. The average Bonchev–Trinajstić information content (AvgIpc) is 3.47. The summed E-state index contributed by atoms with van der Waals surface area (Å²) in [4.78, 5) is 20.8. The summed E-state index contributed by atoms with van der Waals surface area (Å²) >= 11 is 1.66. The van der Waals surface area contributed by atoms with Gasteiger partial charge in [-0.05, 0) is 12.1 Å². The van der Waals surface area contributed by atoms with E-state index < -0.39 is 5.82 Å². The first kappa shape index (κ1) is 25.5. The van der Waals surface area contributed by atoms with E-state index in [0.717, 1.165) is 27.6 Å². The van der Waals surface area contributed by atoms with E-state index in [0.29, 0.717) is 11.4 Å². The minimum atomic E-state index is -0.483. The summed E-state index contributed by atoms with van der Waals surface area (Å²) in [6, 6.07) is 13.5. The van der Waals surface area contributed by atoms with Crippen LogP contribution in [-0.4, -0.2) is 31.8 Å². The van der Waals surface area contributed by atoms with Crippen LogP contribution in [0.2, 0.25) is 0 Å². The number of nitrogen functional groups attached to an aromatic ring is 2. The van der Waals surface area contributed by atoms with Crippen LogP contribution in [0, 0.1) is 16.3 Å². The van der Waals surface area contributed by atoms with E-state index >= 15 is 0 Å². The Morgan fingerprint density at radius 1 is 1.19 bits per heavy atom. The van der Waals surface area contributed by atoms with Crippen LogP contribution >= 0.6 is 16.8 Å². The second kappa shape index (κ2) is 10.7. The molecule has 0 aliphatic heterocycles. The average molecular weight is 647 g/mol. The van der Waals surface area contributed by atoms with E-state index in [1.165, 1.54) is 32.8 Å². The number of anilines is 2. The number of halogens is 2. The number of H-pyrrole nitrogens is 1. The first-order chi connectivity index (χ1) is 17.9. The first-order valence-electron chi connectivity index (χ1n) is 11.0. The molecule has 0 spiro atoms. The van der Waals surface area contributed by atoms with Crippen molar-refractivity contribution in [1.82, 2.24) is 19.7 Å². The summed E-state index contributed by atoms with van der Waals surface area (Å²) in [6.07, 6.45) is 5.06. The number of carbonyl (C=O) groups excluding carboxylic acids is 1. The van der Waals surface area contributed by atoms with Crippen LogP contribution in [0.25, 0.3) is 16.6 Å². The molecule has 12 heteroatoms. The summed E-state index contributed by atoms with van der Waals surface area (Å²) in [6.45, 7) is 1.83. The monoisotopic (exact) mass is 647 g/mol. The number of nitrogens with two attached hydrogens (primary N) is 2. The maximum absolute atomic E-state index is 13.9. The number of nitrogens with zero attached hydrogens (tertiary/aromatic N) is 3. The molecular formula is C25H22FIN6O2PS-. The molecule has 37 heavy (non-hydrogen) atoms. The van der Waals surface area contributed by atoms with Gasteiger partial charge in [0.1, 0.15) is 0 Å². The van der Waals surface area contributed by atoms with E-state index in [2.05, 4.69) is 27.4 Å². The van der Waals surface area contributed by atoms with Crippen molar-refractivity contribution in [2.45, 2.75) is 6.92 Å². The van der Waals surface area contributed by atoms with E-state index in [1.807, 2.05) is 30.4 Å². The zero-order valence-electron chi connectivity index (χ0n) is 19.8. The molecule has 3 aromatic heterocycles. The molecule has 0 fully saturated rings. The zero-order valence-corrected chi connectivity index (χ0v) is 23.7. The van der Waals surface area contributed by atoms with Gasteiger partial charge in [0.05, 0.1) is 0 Å². The normalized spacial score (nSPS) is 11.6. The van der Waals surface area contributed by atoms with E-state index in [-0.39, 0.29) is 49.4 Å². The number of fused-ring (bicyclic) bond motifs is 1. The third-order valence-corrected chi connectivity index (χ3v) is 15.3. The Bertz CT molecular complexity index is 1640. The molecule has 1 unspecified atom stereocenters. The number of benzene rings is 2. The predicted molar refractivity (Wildman–Crippen MR) is 144 cm³/mol. The van der Waals surface area contributed by atoms with Crippen molar-refractivity contribution in [2.24, 2.45) is 0 Å². The summed E-state index contributed by atoms with van der Waals surface area (Å²) in [5.41, 5.74) is 17.0. The van der Waals surface area contributed by atoms with Crippen LogP contribution in [0.15, 0.2) is 60.9 Å². The third kappa shape index (κ3) is 5.16. The second-order valence-electron chi connectivity index (χ2n) is 8.05. The number of carbonyl (C=O) groups is 1. The number of aromatic nitrogens is 4. The molecule has 5 rings (SSSR count). The number of hydrogen-bond donors (Lipinski definition) is 3. The van der Waals surface area contributed by atoms with E-state index in [1.54, 1.807) is 18.2 Å². The van der Waals surface area contributed by atoms with Crippen molar-refractivity contribution in [3.05, 3.63) is 87.1 Å². The number of aromatic amines is 1. The fourth-order valence-electron chi connectivity index (χ4n) is 3.76. The minimum absolute atomic E-state index is 0.0763. The fraction of sp³-hybridized carbons (Fsp3) is 0.0800. The molecular weight excluding hydrogens is 625 g/mol. The van der Waals surface area contributed by atoms with Crippen molar-refractivity contribution in [1.29, 1.82) is 0 Å². The van der Waals surface area contributed by atoms with Crippen LogP contribution in [0.4, 0.5) is 15.9 Å². The van der Waals surface area contributed by atoms with Crippen molar-refractivity contribution in [3.8, 4) is 17.3 Å². The van der Waals surface area contributed by atoms with Crippen molar-refractivity contribution < 1.29 is 34.6 Å². The second-order valence-corrected chi connectivity index (χ2v) is 17.2. The Morgan fingerprint density at radius 3 is 2.76 bits per heavy atom. The van der Waals surface area contributed by atoms with Crippen molar-refractivity contribution in [3.63, 3.8) is 0 Å². The predicted octanol–water partition coefficient (Wildman–Crippen LogP) is 2.51. The summed E-state index contributed by atoms with van der Waals surface area (Å²) < 4.78 is 22.1.